The number of nitrogens with zero attached hydrogens (tertiary/aromatic N) is 1. The molecule has 7 nitrogen and oxygen atoms in total. The van der Waals surface area contributed by atoms with E-state index in [0.717, 1.165) is 0 Å². The number of aromatic nitrogens is 1. The Morgan fingerprint density at radius 1 is 1.22 bits per heavy atom. The Hall–Kier alpha value is -2.45. The van der Waals surface area contributed by atoms with Gasteiger partial charge >= 0.3 is 0 Å². The minimum atomic E-state index is -4.16. The standard InChI is InChI=1S/C19H24N2O5S/c1-14(2)12-19(18(22)21-23,13-15-6-4-5-11-20-15)27(24,25)17-9-7-16(26-3)8-10-17/h4-11,14,23H,12-13H2,1-3H3,(H,21,22). The third-order valence-corrected chi connectivity index (χ3v) is 6.75. The van der Waals surface area contributed by atoms with E-state index in [2.05, 4.69) is 4.98 Å². The van der Waals surface area contributed by atoms with Gasteiger partial charge in [-0.15, -0.1) is 0 Å². The summed E-state index contributed by atoms with van der Waals surface area (Å²) in [5.74, 6) is -0.601. The average Bonchev–Trinajstić information content (AvgIpc) is 2.67. The summed E-state index contributed by atoms with van der Waals surface area (Å²) in [6, 6.07) is 10.9. The third kappa shape index (κ3) is 4.28. The SMILES string of the molecule is COc1ccc(S(=O)(=O)C(Cc2ccccn2)(CC(C)C)C(=O)NO)cc1. The highest BCUT2D eigenvalue weighted by Crippen LogP contribution is 2.36. The minimum Gasteiger partial charge on any atom is -0.497 e. The first-order valence-electron chi connectivity index (χ1n) is 8.50. The van der Waals surface area contributed by atoms with E-state index in [1.54, 1.807) is 23.7 Å². The fourth-order valence-electron chi connectivity index (χ4n) is 3.11. The smallest absolute Gasteiger partial charge is 0.265 e. The zero-order chi connectivity index (χ0) is 20.1. The quantitative estimate of drug-likeness (QED) is 0.528. The molecule has 0 aliphatic rings. The summed E-state index contributed by atoms with van der Waals surface area (Å²) in [7, 11) is -2.68. The van der Waals surface area contributed by atoms with Gasteiger partial charge in [0.05, 0.1) is 12.0 Å². The molecule has 1 aromatic heterocycles. The number of rotatable bonds is 8. The van der Waals surface area contributed by atoms with Gasteiger partial charge in [0, 0.05) is 18.3 Å². The molecule has 146 valence electrons. The van der Waals surface area contributed by atoms with E-state index in [4.69, 9.17) is 4.74 Å². The molecular formula is C19H24N2O5S. The topological polar surface area (TPSA) is 106 Å². The van der Waals surface area contributed by atoms with E-state index in [1.807, 2.05) is 13.8 Å². The highest BCUT2D eigenvalue weighted by Gasteiger charge is 2.52. The normalized spacial score (nSPS) is 13.8. The third-order valence-electron chi connectivity index (χ3n) is 4.33. The fraction of sp³-hybridized carbons (Fsp3) is 0.368. The van der Waals surface area contributed by atoms with Crippen LogP contribution in [0.25, 0.3) is 0 Å². The summed E-state index contributed by atoms with van der Waals surface area (Å²) >= 11 is 0. The number of benzene rings is 1. The molecule has 8 heteroatoms. The molecule has 0 aliphatic carbocycles. The maximum absolute atomic E-state index is 13.6. The van der Waals surface area contributed by atoms with Crippen molar-refractivity contribution < 1.29 is 23.2 Å². The first-order valence-corrected chi connectivity index (χ1v) is 9.98. The number of sulfone groups is 1. The van der Waals surface area contributed by atoms with Crippen molar-refractivity contribution in [3.63, 3.8) is 0 Å². The lowest BCUT2D eigenvalue weighted by molar-refractivity contribution is -0.132. The summed E-state index contributed by atoms with van der Waals surface area (Å²) in [6.07, 6.45) is 1.39. The molecule has 1 heterocycles. The molecule has 0 fully saturated rings. The van der Waals surface area contributed by atoms with E-state index >= 15 is 0 Å². The van der Waals surface area contributed by atoms with Crippen LogP contribution in [0.3, 0.4) is 0 Å². The maximum atomic E-state index is 13.6. The van der Waals surface area contributed by atoms with E-state index < -0.39 is 20.5 Å². The maximum Gasteiger partial charge on any atom is 0.265 e. The summed E-state index contributed by atoms with van der Waals surface area (Å²) in [5.41, 5.74) is 2.00. The Kier molecular flexibility index (Phi) is 6.56. The molecule has 2 aromatic rings. The molecule has 2 N–H and O–H groups in total. The zero-order valence-corrected chi connectivity index (χ0v) is 16.4. The molecule has 0 spiro atoms. The second kappa shape index (κ2) is 8.49. The van der Waals surface area contributed by atoms with E-state index in [9.17, 15) is 18.4 Å². The molecule has 2 rings (SSSR count). The van der Waals surface area contributed by atoms with Crippen LogP contribution in [0.15, 0.2) is 53.6 Å². The van der Waals surface area contributed by atoms with Gasteiger partial charge in [0.15, 0.2) is 14.6 Å². The molecule has 0 saturated heterocycles. The molecule has 0 radical (unpaired) electrons. The number of hydrogen-bond donors (Lipinski definition) is 2. The lowest BCUT2D eigenvalue weighted by Crippen LogP contribution is -2.54. The largest absolute Gasteiger partial charge is 0.497 e. The number of hydrogen-bond acceptors (Lipinski definition) is 6. The van der Waals surface area contributed by atoms with Crippen LogP contribution in [0.2, 0.25) is 0 Å². The van der Waals surface area contributed by atoms with Crippen molar-refractivity contribution in [2.75, 3.05) is 7.11 Å². The van der Waals surface area contributed by atoms with Gasteiger partial charge < -0.3 is 4.74 Å². The van der Waals surface area contributed by atoms with Crippen molar-refractivity contribution in [1.29, 1.82) is 0 Å². The van der Waals surface area contributed by atoms with Crippen LogP contribution >= 0.6 is 0 Å². The lowest BCUT2D eigenvalue weighted by Gasteiger charge is -2.32. The van der Waals surface area contributed by atoms with Crippen LogP contribution in [0, 0.1) is 5.92 Å². The number of methoxy groups -OCH3 is 1. The first-order chi connectivity index (χ1) is 12.8. The molecule has 0 bridgehead atoms. The van der Waals surface area contributed by atoms with Crippen LogP contribution in [0.5, 0.6) is 5.75 Å². The van der Waals surface area contributed by atoms with Crippen molar-refractivity contribution in [2.24, 2.45) is 5.92 Å². The van der Waals surface area contributed by atoms with Gasteiger partial charge in [-0.25, -0.2) is 13.9 Å². The van der Waals surface area contributed by atoms with Crippen LogP contribution in [0.4, 0.5) is 0 Å². The summed E-state index contributed by atoms with van der Waals surface area (Å²) < 4.78 is 30.3. The highest BCUT2D eigenvalue weighted by atomic mass is 32.2. The van der Waals surface area contributed by atoms with Crippen LogP contribution in [0.1, 0.15) is 26.0 Å². The Labute approximate surface area is 159 Å². The van der Waals surface area contributed by atoms with E-state index in [0.29, 0.717) is 11.4 Å². The van der Waals surface area contributed by atoms with Gasteiger partial charge in [0.2, 0.25) is 0 Å². The van der Waals surface area contributed by atoms with Gasteiger partial charge in [0.1, 0.15) is 5.75 Å². The second-order valence-corrected chi connectivity index (χ2v) is 8.97. The van der Waals surface area contributed by atoms with Gasteiger partial charge in [-0.05, 0) is 48.7 Å². The molecule has 1 unspecified atom stereocenters. The summed E-state index contributed by atoms with van der Waals surface area (Å²) in [5, 5.41) is 9.35. The molecule has 1 aromatic carbocycles. The molecule has 1 atom stereocenters. The number of ether oxygens (including phenoxy) is 1. The zero-order valence-electron chi connectivity index (χ0n) is 15.5. The predicted molar refractivity (Wildman–Crippen MR) is 100 cm³/mol. The Balaban J connectivity index is 2.65. The van der Waals surface area contributed by atoms with Crippen molar-refractivity contribution in [3.05, 3.63) is 54.4 Å². The number of carbonyl (C=O) groups is 1. The fourth-order valence-corrected chi connectivity index (χ4v) is 5.23. The van der Waals surface area contributed by atoms with Gasteiger partial charge in [-0.1, -0.05) is 19.9 Å². The van der Waals surface area contributed by atoms with E-state index in [-0.39, 0.29) is 23.7 Å². The monoisotopic (exact) mass is 392 g/mol. The molecule has 0 aliphatic heterocycles. The second-order valence-electron chi connectivity index (χ2n) is 6.71. The first kappa shape index (κ1) is 20.9. The molecule has 27 heavy (non-hydrogen) atoms. The van der Waals surface area contributed by atoms with Crippen LogP contribution in [-0.4, -0.2) is 36.4 Å². The summed E-state index contributed by atoms with van der Waals surface area (Å²) in [6.45, 7) is 3.64. The van der Waals surface area contributed by atoms with Crippen molar-refractivity contribution in [2.45, 2.75) is 36.3 Å². The Morgan fingerprint density at radius 2 is 1.89 bits per heavy atom. The molecule has 0 saturated carbocycles. The van der Waals surface area contributed by atoms with Crippen LogP contribution < -0.4 is 10.2 Å². The molecule has 1 amide bonds. The number of nitrogens with one attached hydrogen (secondary N) is 1. The minimum absolute atomic E-state index is 0.0182. The highest BCUT2D eigenvalue weighted by molar-refractivity contribution is 7.93. The van der Waals surface area contributed by atoms with Gasteiger partial charge in [-0.3, -0.25) is 15.0 Å². The van der Waals surface area contributed by atoms with E-state index in [1.165, 1.54) is 37.6 Å². The lowest BCUT2D eigenvalue weighted by atomic mass is 9.91. The Morgan fingerprint density at radius 3 is 2.37 bits per heavy atom. The molecular weight excluding hydrogens is 368 g/mol. The number of carbonyl (C=O) groups excluding carboxylic acids is 1. The van der Waals surface area contributed by atoms with Crippen molar-refractivity contribution >= 4 is 15.7 Å². The van der Waals surface area contributed by atoms with Crippen LogP contribution in [-0.2, 0) is 21.1 Å². The van der Waals surface area contributed by atoms with Crippen molar-refractivity contribution in [3.8, 4) is 5.75 Å². The number of amides is 1. The Bertz CT molecular complexity index is 867. The summed E-state index contributed by atoms with van der Waals surface area (Å²) in [4.78, 5) is 16.9. The number of pyridine rings is 1. The number of hydroxylamine groups is 1. The van der Waals surface area contributed by atoms with Gasteiger partial charge in [-0.2, -0.15) is 0 Å². The predicted octanol–water partition coefficient (Wildman–Crippen LogP) is 2.40. The average molecular weight is 392 g/mol. The van der Waals surface area contributed by atoms with Gasteiger partial charge in [0.25, 0.3) is 5.91 Å². The van der Waals surface area contributed by atoms with Crippen molar-refractivity contribution in [1.82, 2.24) is 10.5 Å².